The standard InChI is InChI=1S/C15H19N5OS2/c21-15(19-7-1-3-12(19)13-4-2-8-23-13)10-22-9-14-16-17-18-20(14)11-5-6-11/h2,4,8,11-12H,1,3,5-7,9-10H2. The molecule has 3 heterocycles. The lowest BCUT2D eigenvalue weighted by molar-refractivity contribution is -0.129. The van der Waals surface area contributed by atoms with Crippen molar-refractivity contribution in [2.75, 3.05) is 12.3 Å². The largest absolute Gasteiger partial charge is 0.334 e. The van der Waals surface area contributed by atoms with Crippen LogP contribution in [0.4, 0.5) is 0 Å². The normalized spacial score (nSPS) is 21.0. The number of thiophene rings is 1. The van der Waals surface area contributed by atoms with E-state index in [9.17, 15) is 4.79 Å². The Hall–Kier alpha value is -1.41. The molecular weight excluding hydrogens is 330 g/mol. The smallest absolute Gasteiger partial charge is 0.233 e. The fourth-order valence-corrected chi connectivity index (χ4v) is 4.75. The van der Waals surface area contributed by atoms with Crippen LogP contribution in [-0.4, -0.2) is 43.3 Å². The van der Waals surface area contributed by atoms with Crippen LogP contribution < -0.4 is 0 Å². The second-order valence-electron chi connectivity index (χ2n) is 6.02. The van der Waals surface area contributed by atoms with E-state index in [0.29, 0.717) is 17.5 Å². The molecule has 2 aliphatic rings. The molecule has 6 nitrogen and oxygen atoms in total. The highest BCUT2D eigenvalue weighted by molar-refractivity contribution is 7.99. The summed E-state index contributed by atoms with van der Waals surface area (Å²) in [7, 11) is 0. The molecule has 1 atom stereocenters. The molecule has 122 valence electrons. The van der Waals surface area contributed by atoms with Crippen LogP contribution >= 0.6 is 23.1 Å². The number of hydrogen-bond donors (Lipinski definition) is 0. The predicted molar refractivity (Wildman–Crippen MR) is 90.3 cm³/mol. The average Bonchev–Trinajstić information content (AvgIpc) is 3.03. The van der Waals surface area contributed by atoms with Crippen molar-refractivity contribution < 1.29 is 4.79 Å². The third-order valence-corrected chi connectivity index (χ3v) is 6.24. The molecule has 0 aromatic carbocycles. The summed E-state index contributed by atoms with van der Waals surface area (Å²) in [6.07, 6.45) is 4.51. The minimum absolute atomic E-state index is 0.233. The Bertz CT molecular complexity index is 667. The first-order valence-electron chi connectivity index (χ1n) is 8.00. The Morgan fingerprint density at radius 1 is 1.39 bits per heavy atom. The van der Waals surface area contributed by atoms with Crippen LogP contribution in [0.15, 0.2) is 17.5 Å². The number of nitrogens with zero attached hydrogens (tertiary/aromatic N) is 5. The van der Waals surface area contributed by atoms with Gasteiger partial charge < -0.3 is 4.90 Å². The lowest BCUT2D eigenvalue weighted by atomic mass is 10.2. The van der Waals surface area contributed by atoms with E-state index in [0.717, 1.165) is 38.1 Å². The van der Waals surface area contributed by atoms with Gasteiger partial charge in [0, 0.05) is 11.4 Å². The number of aromatic nitrogens is 4. The first-order chi connectivity index (χ1) is 11.3. The summed E-state index contributed by atoms with van der Waals surface area (Å²) >= 11 is 3.36. The number of carbonyl (C=O) groups excluding carboxylic acids is 1. The van der Waals surface area contributed by atoms with Crippen molar-refractivity contribution in [2.45, 2.75) is 43.5 Å². The van der Waals surface area contributed by atoms with Crippen molar-refractivity contribution in [3.05, 3.63) is 28.2 Å². The highest BCUT2D eigenvalue weighted by Crippen LogP contribution is 2.36. The van der Waals surface area contributed by atoms with Crippen LogP contribution in [0, 0.1) is 0 Å². The average molecular weight is 349 g/mol. The molecule has 1 amide bonds. The van der Waals surface area contributed by atoms with Crippen LogP contribution in [0.25, 0.3) is 0 Å². The highest BCUT2D eigenvalue weighted by atomic mass is 32.2. The maximum atomic E-state index is 12.6. The van der Waals surface area contributed by atoms with E-state index in [2.05, 4.69) is 33.0 Å². The van der Waals surface area contributed by atoms with Crippen molar-refractivity contribution >= 4 is 29.0 Å². The van der Waals surface area contributed by atoms with Gasteiger partial charge in [0.15, 0.2) is 5.82 Å². The molecular formula is C15H19N5OS2. The Morgan fingerprint density at radius 2 is 2.30 bits per heavy atom. The number of thioether (sulfide) groups is 1. The van der Waals surface area contributed by atoms with Gasteiger partial charge in [-0.25, -0.2) is 4.68 Å². The molecule has 4 rings (SSSR count). The van der Waals surface area contributed by atoms with Crippen LogP contribution in [0.2, 0.25) is 0 Å². The fraction of sp³-hybridized carbons (Fsp3) is 0.600. The van der Waals surface area contributed by atoms with E-state index in [1.807, 2.05) is 9.58 Å². The van der Waals surface area contributed by atoms with Crippen molar-refractivity contribution in [1.82, 2.24) is 25.1 Å². The molecule has 1 saturated carbocycles. The van der Waals surface area contributed by atoms with Crippen molar-refractivity contribution in [1.29, 1.82) is 0 Å². The Morgan fingerprint density at radius 3 is 3.09 bits per heavy atom. The highest BCUT2D eigenvalue weighted by Gasteiger charge is 2.31. The van der Waals surface area contributed by atoms with E-state index >= 15 is 0 Å². The van der Waals surface area contributed by atoms with Gasteiger partial charge >= 0.3 is 0 Å². The first kappa shape index (κ1) is 15.1. The number of amides is 1. The molecule has 0 bridgehead atoms. The van der Waals surface area contributed by atoms with Crippen molar-refractivity contribution in [2.24, 2.45) is 0 Å². The van der Waals surface area contributed by atoms with E-state index in [1.165, 1.54) is 4.88 Å². The van der Waals surface area contributed by atoms with Gasteiger partial charge in [-0.1, -0.05) is 6.07 Å². The molecule has 1 saturated heterocycles. The van der Waals surface area contributed by atoms with E-state index in [-0.39, 0.29) is 11.9 Å². The second-order valence-corrected chi connectivity index (χ2v) is 7.99. The minimum atomic E-state index is 0.233. The summed E-state index contributed by atoms with van der Waals surface area (Å²) in [5.74, 6) is 2.32. The van der Waals surface area contributed by atoms with E-state index in [4.69, 9.17) is 0 Å². The van der Waals surface area contributed by atoms with Gasteiger partial charge in [-0.3, -0.25) is 4.79 Å². The number of likely N-dealkylation sites (tertiary alicyclic amines) is 1. The van der Waals surface area contributed by atoms with Gasteiger partial charge in [-0.2, -0.15) is 0 Å². The molecule has 1 aliphatic heterocycles. The van der Waals surface area contributed by atoms with Gasteiger partial charge in [0.25, 0.3) is 0 Å². The van der Waals surface area contributed by atoms with Gasteiger partial charge in [-0.15, -0.1) is 28.2 Å². The van der Waals surface area contributed by atoms with Crippen LogP contribution in [0.1, 0.15) is 48.5 Å². The summed E-state index contributed by atoms with van der Waals surface area (Å²) < 4.78 is 1.92. The molecule has 2 aromatic rings. The number of rotatable bonds is 6. The van der Waals surface area contributed by atoms with Crippen LogP contribution in [0.5, 0.6) is 0 Å². The van der Waals surface area contributed by atoms with Crippen LogP contribution in [0.3, 0.4) is 0 Å². The maximum absolute atomic E-state index is 12.6. The summed E-state index contributed by atoms with van der Waals surface area (Å²) in [5.41, 5.74) is 0. The van der Waals surface area contributed by atoms with Crippen molar-refractivity contribution in [3.63, 3.8) is 0 Å². The van der Waals surface area contributed by atoms with Gasteiger partial charge in [0.05, 0.1) is 23.6 Å². The summed E-state index contributed by atoms with van der Waals surface area (Å²) in [6, 6.07) is 4.96. The van der Waals surface area contributed by atoms with E-state index in [1.54, 1.807) is 23.1 Å². The maximum Gasteiger partial charge on any atom is 0.233 e. The quantitative estimate of drug-likeness (QED) is 0.802. The molecule has 0 radical (unpaired) electrons. The molecule has 8 heteroatoms. The van der Waals surface area contributed by atoms with Gasteiger partial charge in [0.1, 0.15) is 0 Å². The predicted octanol–water partition coefficient (Wildman–Crippen LogP) is 2.67. The summed E-state index contributed by atoms with van der Waals surface area (Å²) in [4.78, 5) is 15.9. The molecule has 1 unspecified atom stereocenters. The zero-order chi connectivity index (χ0) is 15.6. The third-order valence-electron chi connectivity index (χ3n) is 4.36. The Labute approximate surface area is 143 Å². The van der Waals surface area contributed by atoms with Crippen molar-refractivity contribution in [3.8, 4) is 0 Å². The topological polar surface area (TPSA) is 63.9 Å². The Balaban J connectivity index is 1.32. The second kappa shape index (κ2) is 6.60. The number of tetrazole rings is 1. The molecule has 2 aromatic heterocycles. The zero-order valence-electron chi connectivity index (χ0n) is 12.8. The molecule has 23 heavy (non-hydrogen) atoms. The third kappa shape index (κ3) is 3.28. The Kier molecular flexibility index (Phi) is 4.35. The molecule has 2 fully saturated rings. The monoisotopic (exact) mass is 349 g/mol. The van der Waals surface area contributed by atoms with Crippen LogP contribution in [-0.2, 0) is 10.5 Å². The molecule has 0 N–H and O–H groups in total. The lowest BCUT2D eigenvalue weighted by Crippen LogP contribution is -2.31. The fourth-order valence-electron chi connectivity index (χ4n) is 3.06. The lowest BCUT2D eigenvalue weighted by Gasteiger charge is -2.23. The molecule has 0 spiro atoms. The van der Waals surface area contributed by atoms with Gasteiger partial charge in [-0.05, 0) is 47.6 Å². The molecule has 1 aliphatic carbocycles. The zero-order valence-corrected chi connectivity index (χ0v) is 14.4. The first-order valence-corrected chi connectivity index (χ1v) is 10.0. The summed E-state index contributed by atoms with van der Waals surface area (Å²) in [5, 5.41) is 14.0. The minimum Gasteiger partial charge on any atom is -0.334 e. The number of carbonyl (C=O) groups is 1. The SMILES string of the molecule is O=C(CSCc1nnnn1C1CC1)N1CCCC1c1cccs1. The number of hydrogen-bond acceptors (Lipinski definition) is 6. The summed E-state index contributed by atoms with van der Waals surface area (Å²) in [6.45, 7) is 0.877. The van der Waals surface area contributed by atoms with E-state index < -0.39 is 0 Å². The van der Waals surface area contributed by atoms with Gasteiger partial charge in [0.2, 0.25) is 5.91 Å².